The summed E-state index contributed by atoms with van der Waals surface area (Å²) in [6.07, 6.45) is 2.81. The van der Waals surface area contributed by atoms with Gasteiger partial charge in [-0.25, -0.2) is 0 Å². The summed E-state index contributed by atoms with van der Waals surface area (Å²) in [7, 11) is -3.41. The lowest BCUT2D eigenvalue weighted by molar-refractivity contribution is 0.0653. The predicted molar refractivity (Wildman–Crippen MR) is 98.4 cm³/mol. The van der Waals surface area contributed by atoms with Crippen molar-refractivity contribution >= 4 is 21.6 Å². The molecule has 0 spiro atoms. The molecule has 0 fully saturated rings. The highest BCUT2D eigenvalue weighted by Crippen LogP contribution is 2.14. The van der Waals surface area contributed by atoms with Gasteiger partial charge in [-0.15, -0.1) is 0 Å². The van der Waals surface area contributed by atoms with Crippen molar-refractivity contribution in [3.8, 4) is 0 Å². The molecule has 1 N–H and O–H groups in total. The minimum atomic E-state index is -1.79. The van der Waals surface area contributed by atoms with E-state index < -0.39 is 16.4 Å². The van der Waals surface area contributed by atoms with Crippen molar-refractivity contribution in [3.05, 3.63) is 54.3 Å². The molecule has 0 radical (unpaired) electrons. The molecule has 5 heteroatoms. The Bertz CT molecular complexity index is 516. The summed E-state index contributed by atoms with van der Waals surface area (Å²) in [6.45, 7) is 12.7. The third-order valence-corrected chi connectivity index (χ3v) is 6.78. The summed E-state index contributed by atoms with van der Waals surface area (Å²) in [5.74, 6) is 0.204. The van der Waals surface area contributed by atoms with Gasteiger partial charge in [-0.05, 0) is 26.6 Å². The number of benzene rings is 1. The van der Waals surface area contributed by atoms with E-state index in [9.17, 15) is 5.11 Å². The molecular weight excluding hydrogens is 308 g/mol. The molecule has 0 unspecified atom stereocenters. The second-order valence-corrected chi connectivity index (χ2v) is 15.7. The number of aliphatic hydroxyl groups excluding tert-OH is 1. The summed E-state index contributed by atoms with van der Waals surface area (Å²) < 4.78 is 11.3. The second kappa shape index (κ2) is 7.69. The zero-order valence-electron chi connectivity index (χ0n) is 14.5. The molecule has 0 aliphatic carbocycles. The monoisotopic (exact) mass is 336 g/mol. The van der Waals surface area contributed by atoms with Gasteiger partial charge in [-0.3, -0.25) is 0 Å². The van der Waals surface area contributed by atoms with Crippen LogP contribution in [0.4, 0.5) is 0 Å². The molecule has 1 rings (SSSR count). The average Bonchev–Trinajstić information content (AvgIpc) is 2.44. The van der Waals surface area contributed by atoms with E-state index >= 15 is 0 Å². The fourth-order valence-corrected chi connectivity index (χ4v) is 4.65. The molecule has 0 aliphatic heterocycles. The Morgan fingerprint density at radius 3 is 2.18 bits per heavy atom. The summed E-state index contributed by atoms with van der Waals surface area (Å²) in [4.78, 5) is 0. The van der Waals surface area contributed by atoms with Crippen LogP contribution in [-0.2, 0) is 9.16 Å². The van der Waals surface area contributed by atoms with E-state index in [0.717, 1.165) is 6.26 Å². The number of hydrogen-bond donors (Lipinski definition) is 1. The van der Waals surface area contributed by atoms with Crippen molar-refractivity contribution in [2.24, 2.45) is 0 Å². The first-order chi connectivity index (χ1) is 10.1. The molecule has 0 saturated carbocycles. The maximum absolute atomic E-state index is 9.24. The SMILES string of the molecule is C[C@@H](/C=C/[Si](C)(C)c1ccccc1)O/C(=C/O)O[Si](C)(C)C. The average molecular weight is 337 g/mol. The van der Waals surface area contributed by atoms with Crippen molar-refractivity contribution in [1.29, 1.82) is 0 Å². The molecule has 0 aromatic heterocycles. The van der Waals surface area contributed by atoms with Crippen LogP contribution in [0.15, 0.2) is 54.3 Å². The van der Waals surface area contributed by atoms with Crippen LogP contribution in [0.1, 0.15) is 6.92 Å². The highest BCUT2D eigenvalue weighted by atomic mass is 28.4. The minimum Gasteiger partial charge on any atom is -0.518 e. The number of ether oxygens (including phenoxy) is 1. The standard InChI is InChI=1S/C17H28O3Si2/c1-15(19-17(14-18)20-21(2,3)4)12-13-22(5,6)16-10-8-7-9-11-16/h7-15,18H,1-6H3/b13-12+,17-14-/t15-/m0/s1. The van der Waals surface area contributed by atoms with Crippen molar-refractivity contribution in [1.82, 2.24) is 0 Å². The zero-order chi connectivity index (χ0) is 16.8. The molecule has 0 amide bonds. The first-order valence-corrected chi connectivity index (χ1v) is 14.1. The molecule has 0 heterocycles. The van der Waals surface area contributed by atoms with Crippen LogP contribution in [0, 0.1) is 0 Å². The Labute approximate surface area is 136 Å². The first kappa shape index (κ1) is 18.6. The molecule has 1 aromatic carbocycles. The summed E-state index contributed by atoms with van der Waals surface area (Å²) >= 11 is 0. The zero-order valence-corrected chi connectivity index (χ0v) is 16.5. The fourth-order valence-electron chi connectivity index (χ4n) is 1.95. The van der Waals surface area contributed by atoms with Crippen LogP contribution >= 0.6 is 0 Å². The van der Waals surface area contributed by atoms with Gasteiger partial charge in [0.05, 0.1) is 0 Å². The summed E-state index contributed by atoms with van der Waals surface area (Å²) in [5.41, 5.74) is 2.26. The van der Waals surface area contributed by atoms with Crippen LogP contribution in [0.5, 0.6) is 0 Å². The molecular formula is C17H28O3Si2. The Balaban J connectivity index is 2.69. The van der Waals surface area contributed by atoms with Gasteiger partial charge in [0.25, 0.3) is 0 Å². The molecule has 1 aromatic rings. The van der Waals surface area contributed by atoms with E-state index in [1.807, 2.05) is 32.6 Å². The lowest BCUT2D eigenvalue weighted by Crippen LogP contribution is -2.39. The fraction of sp³-hybridized carbons (Fsp3) is 0.412. The van der Waals surface area contributed by atoms with Gasteiger partial charge < -0.3 is 14.3 Å². The van der Waals surface area contributed by atoms with Gasteiger partial charge in [0.15, 0.2) is 6.26 Å². The maximum Gasteiger partial charge on any atom is 0.302 e. The normalized spacial score (nSPS) is 14.9. The van der Waals surface area contributed by atoms with E-state index in [0.29, 0.717) is 0 Å². The molecule has 0 aliphatic rings. The third-order valence-electron chi connectivity index (χ3n) is 3.12. The van der Waals surface area contributed by atoms with E-state index in [1.165, 1.54) is 5.19 Å². The molecule has 3 nitrogen and oxygen atoms in total. The highest BCUT2D eigenvalue weighted by molar-refractivity contribution is 6.93. The van der Waals surface area contributed by atoms with Crippen LogP contribution in [0.3, 0.4) is 0 Å². The van der Waals surface area contributed by atoms with Crippen LogP contribution in [0.25, 0.3) is 0 Å². The number of hydrogen-bond acceptors (Lipinski definition) is 3. The molecule has 0 bridgehead atoms. The van der Waals surface area contributed by atoms with Gasteiger partial charge in [-0.2, -0.15) is 0 Å². The highest BCUT2D eigenvalue weighted by Gasteiger charge is 2.21. The van der Waals surface area contributed by atoms with Crippen molar-refractivity contribution in [3.63, 3.8) is 0 Å². The van der Waals surface area contributed by atoms with Crippen LogP contribution in [-0.4, -0.2) is 27.6 Å². The van der Waals surface area contributed by atoms with Gasteiger partial charge in [-0.1, -0.05) is 60.4 Å². The van der Waals surface area contributed by atoms with Crippen molar-refractivity contribution in [2.75, 3.05) is 0 Å². The lowest BCUT2D eigenvalue weighted by Gasteiger charge is -2.23. The number of rotatable bonds is 7. The molecule has 22 heavy (non-hydrogen) atoms. The summed E-state index contributed by atoms with van der Waals surface area (Å²) in [6, 6.07) is 10.5. The Morgan fingerprint density at radius 1 is 1.09 bits per heavy atom. The van der Waals surface area contributed by atoms with E-state index in [1.54, 1.807) is 0 Å². The maximum atomic E-state index is 9.24. The molecule has 0 saturated heterocycles. The number of aliphatic hydroxyl groups is 1. The minimum absolute atomic E-state index is 0.148. The van der Waals surface area contributed by atoms with Gasteiger partial charge in [0, 0.05) is 0 Å². The van der Waals surface area contributed by atoms with E-state index in [-0.39, 0.29) is 12.0 Å². The Hall–Kier alpha value is -1.47. The predicted octanol–water partition coefficient (Wildman–Crippen LogP) is 4.31. The third kappa shape index (κ3) is 6.53. The van der Waals surface area contributed by atoms with Gasteiger partial charge in [0.2, 0.25) is 8.32 Å². The lowest BCUT2D eigenvalue weighted by atomic mass is 10.4. The Morgan fingerprint density at radius 2 is 1.68 bits per heavy atom. The second-order valence-electron chi connectivity index (χ2n) is 6.93. The largest absolute Gasteiger partial charge is 0.518 e. The van der Waals surface area contributed by atoms with E-state index in [4.69, 9.17) is 9.16 Å². The van der Waals surface area contributed by atoms with Crippen LogP contribution in [0.2, 0.25) is 32.7 Å². The first-order valence-electron chi connectivity index (χ1n) is 7.59. The van der Waals surface area contributed by atoms with Gasteiger partial charge in [0.1, 0.15) is 14.2 Å². The van der Waals surface area contributed by atoms with Crippen molar-refractivity contribution in [2.45, 2.75) is 45.8 Å². The molecule has 122 valence electrons. The van der Waals surface area contributed by atoms with Gasteiger partial charge >= 0.3 is 5.95 Å². The van der Waals surface area contributed by atoms with Crippen LogP contribution < -0.4 is 5.19 Å². The topological polar surface area (TPSA) is 38.7 Å². The Kier molecular flexibility index (Phi) is 6.50. The smallest absolute Gasteiger partial charge is 0.302 e. The van der Waals surface area contributed by atoms with E-state index in [2.05, 4.69) is 49.1 Å². The van der Waals surface area contributed by atoms with Crippen molar-refractivity contribution < 1.29 is 14.3 Å². The summed E-state index contributed by atoms with van der Waals surface area (Å²) in [5, 5.41) is 10.6. The quantitative estimate of drug-likeness (QED) is 0.595. The molecule has 1 atom stereocenters.